The maximum Gasteiger partial charge on any atom is 0.241 e. The molecule has 1 aliphatic heterocycles. The first-order chi connectivity index (χ1) is 9.42. The van der Waals surface area contributed by atoms with Crippen LogP contribution in [0.2, 0.25) is 0 Å². The highest BCUT2D eigenvalue weighted by Gasteiger charge is 2.36. The van der Waals surface area contributed by atoms with E-state index in [9.17, 15) is 4.79 Å². The van der Waals surface area contributed by atoms with E-state index in [-0.39, 0.29) is 17.5 Å². The molecule has 5 heteroatoms. The lowest BCUT2D eigenvalue weighted by molar-refractivity contribution is -0.129. The number of hydrogen-bond donors (Lipinski definition) is 2. The molecule has 110 valence electrons. The molecule has 0 aromatic heterocycles. The van der Waals surface area contributed by atoms with E-state index in [4.69, 9.17) is 10.5 Å². The van der Waals surface area contributed by atoms with Crippen LogP contribution < -0.4 is 11.1 Å². The van der Waals surface area contributed by atoms with E-state index in [0.717, 1.165) is 6.54 Å². The van der Waals surface area contributed by atoms with Crippen LogP contribution in [0.5, 0.6) is 0 Å². The van der Waals surface area contributed by atoms with Crippen molar-refractivity contribution in [3.63, 3.8) is 0 Å². The number of amides is 1. The van der Waals surface area contributed by atoms with Gasteiger partial charge in [0.15, 0.2) is 0 Å². The molecule has 0 saturated carbocycles. The molecule has 0 spiro atoms. The number of carbonyl (C=O) groups excluding carboxylic acids is 1. The first-order valence-electron chi connectivity index (χ1n) is 6.92. The number of nitrogens with one attached hydrogen (secondary N) is 1. The van der Waals surface area contributed by atoms with E-state index >= 15 is 0 Å². The van der Waals surface area contributed by atoms with Crippen LogP contribution in [0.25, 0.3) is 0 Å². The lowest BCUT2D eigenvalue weighted by Gasteiger charge is -2.44. The monoisotopic (exact) mass is 277 g/mol. The van der Waals surface area contributed by atoms with Crippen LogP contribution in [0.1, 0.15) is 20.8 Å². The molecule has 0 bridgehead atoms. The third-order valence-corrected chi connectivity index (χ3v) is 3.77. The highest BCUT2D eigenvalue weighted by Crippen LogP contribution is 2.23. The lowest BCUT2D eigenvalue weighted by Crippen LogP contribution is -2.59. The molecule has 1 aromatic carbocycles. The maximum absolute atomic E-state index is 12.4. The van der Waals surface area contributed by atoms with Gasteiger partial charge in [-0.2, -0.15) is 0 Å². The fourth-order valence-electron chi connectivity index (χ4n) is 2.58. The molecule has 1 aliphatic rings. The Hall–Kier alpha value is -1.59. The van der Waals surface area contributed by atoms with Gasteiger partial charge in [0.05, 0.1) is 30.6 Å². The first-order valence-corrected chi connectivity index (χ1v) is 6.92. The van der Waals surface area contributed by atoms with Crippen LogP contribution in [0.15, 0.2) is 24.3 Å². The van der Waals surface area contributed by atoms with Crippen molar-refractivity contribution in [3.05, 3.63) is 24.3 Å². The molecule has 1 fully saturated rings. The topological polar surface area (TPSA) is 67.6 Å². The summed E-state index contributed by atoms with van der Waals surface area (Å²) in [6.07, 6.45) is 0. The molecule has 1 amide bonds. The third kappa shape index (κ3) is 3.11. The predicted octanol–water partition coefficient (Wildman–Crippen LogP) is 1.71. The number of para-hydroxylation sites is 2. The van der Waals surface area contributed by atoms with E-state index in [1.54, 1.807) is 6.07 Å². The van der Waals surface area contributed by atoms with Crippen LogP contribution in [-0.2, 0) is 9.53 Å². The number of carbonyl (C=O) groups is 1. The van der Waals surface area contributed by atoms with Crippen molar-refractivity contribution in [2.75, 3.05) is 30.8 Å². The van der Waals surface area contributed by atoms with Crippen molar-refractivity contribution >= 4 is 17.3 Å². The largest absolute Gasteiger partial charge is 0.397 e. The summed E-state index contributed by atoms with van der Waals surface area (Å²) < 4.78 is 5.49. The molecular weight excluding hydrogens is 254 g/mol. The minimum atomic E-state index is -0.228. The van der Waals surface area contributed by atoms with Crippen LogP contribution in [0.3, 0.4) is 0 Å². The van der Waals surface area contributed by atoms with Crippen LogP contribution in [-0.4, -0.2) is 42.1 Å². The Morgan fingerprint density at radius 1 is 1.45 bits per heavy atom. The standard InChI is InChI=1S/C15H23N3O2/c1-11(18-8-9-20-10-15(18,2)3)14(19)17-13-7-5-4-6-12(13)16/h4-7,11H,8-10,16H2,1-3H3,(H,17,19). The minimum Gasteiger partial charge on any atom is -0.397 e. The summed E-state index contributed by atoms with van der Waals surface area (Å²) in [4.78, 5) is 14.6. The first kappa shape index (κ1) is 14.8. The maximum atomic E-state index is 12.4. The van der Waals surface area contributed by atoms with Crippen LogP contribution >= 0.6 is 0 Å². The fraction of sp³-hybridized carbons (Fsp3) is 0.533. The Bertz CT molecular complexity index is 488. The van der Waals surface area contributed by atoms with Gasteiger partial charge in [-0.05, 0) is 32.9 Å². The molecule has 1 saturated heterocycles. The van der Waals surface area contributed by atoms with E-state index < -0.39 is 0 Å². The van der Waals surface area contributed by atoms with Crippen molar-refractivity contribution in [1.29, 1.82) is 0 Å². The van der Waals surface area contributed by atoms with Crippen molar-refractivity contribution < 1.29 is 9.53 Å². The zero-order valence-corrected chi connectivity index (χ0v) is 12.3. The summed E-state index contributed by atoms with van der Waals surface area (Å²) >= 11 is 0. The average molecular weight is 277 g/mol. The second-order valence-electron chi connectivity index (χ2n) is 5.81. The highest BCUT2D eigenvalue weighted by molar-refractivity contribution is 5.97. The van der Waals surface area contributed by atoms with Gasteiger partial charge in [-0.15, -0.1) is 0 Å². The number of morpholine rings is 1. The Morgan fingerprint density at radius 3 is 2.80 bits per heavy atom. The van der Waals surface area contributed by atoms with E-state index in [1.807, 2.05) is 25.1 Å². The highest BCUT2D eigenvalue weighted by atomic mass is 16.5. The summed E-state index contributed by atoms with van der Waals surface area (Å²) in [6, 6.07) is 7.06. The molecule has 1 aromatic rings. The Labute approximate surface area is 120 Å². The Balaban J connectivity index is 2.07. The number of nitrogen functional groups attached to an aromatic ring is 1. The lowest BCUT2D eigenvalue weighted by atomic mass is 9.99. The van der Waals surface area contributed by atoms with E-state index in [1.165, 1.54) is 0 Å². The van der Waals surface area contributed by atoms with Crippen LogP contribution in [0, 0.1) is 0 Å². The third-order valence-electron chi connectivity index (χ3n) is 3.77. The zero-order valence-electron chi connectivity index (χ0n) is 12.3. The molecule has 0 radical (unpaired) electrons. The SMILES string of the molecule is CC(C(=O)Nc1ccccc1N)N1CCOCC1(C)C. The van der Waals surface area contributed by atoms with Gasteiger partial charge in [-0.25, -0.2) is 0 Å². The average Bonchev–Trinajstić information content (AvgIpc) is 2.40. The molecule has 1 atom stereocenters. The molecule has 20 heavy (non-hydrogen) atoms. The van der Waals surface area contributed by atoms with E-state index in [0.29, 0.717) is 24.6 Å². The number of nitrogens with two attached hydrogens (primary N) is 1. The number of ether oxygens (including phenoxy) is 1. The molecule has 3 N–H and O–H groups in total. The fourth-order valence-corrected chi connectivity index (χ4v) is 2.58. The van der Waals surface area contributed by atoms with E-state index in [2.05, 4.69) is 24.1 Å². The van der Waals surface area contributed by atoms with Gasteiger partial charge in [0.25, 0.3) is 0 Å². The molecule has 1 heterocycles. The number of anilines is 2. The molecular formula is C15H23N3O2. The molecule has 5 nitrogen and oxygen atoms in total. The molecule has 0 aliphatic carbocycles. The van der Waals surface area contributed by atoms with Crippen LogP contribution in [0.4, 0.5) is 11.4 Å². The summed E-state index contributed by atoms with van der Waals surface area (Å²) in [5.74, 6) is -0.0436. The molecule has 1 unspecified atom stereocenters. The number of hydrogen-bond acceptors (Lipinski definition) is 4. The van der Waals surface area contributed by atoms with Crippen molar-refractivity contribution in [3.8, 4) is 0 Å². The predicted molar refractivity (Wildman–Crippen MR) is 80.6 cm³/mol. The zero-order chi connectivity index (χ0) is 14.8. The Kier molecular flexibility index (Phi) is 4.30. The molecule has 2 rings (SSSR count). The van der Waals surface area contributed by atoms with Gasteiger partial charge >= 0.3 is 0 Å². The van der Waals surface area contributed by atoms with Crippen molar-refractivity contribution in [2.24, 2.45) is 0 Å². The summed E-state index contributed by atoms with van der Waals surface area (Å²) in [7, 11) is 0. The van der Waals surface area contributed by atoms with Crippen molar-refractivity contribution in [2.45, 2.75) is 32.4 Å². The van der Waals surface area contributed by atoms with Gasteiger partial charge in [-0.3, -0.25) is 9.69 Å². The van der Waals surface area contributed by atoms with Gasteiger partial charge in [0, 0.05) is 12.1 Å². The summed E-state index contributed by atoms with van der Waals surface area (Å²) in [5, 5.41) is 2.90. The normalized spacial score (nSPS) is 20.4. The van der Waals surface area contributed by atoms with Gasteiger partial charge in [-0.1, -0.05) is 12.1 Å². The summed E-state index contributed by atoms with van der Waals surface area (Å²) in [5.41, 5.74) is 6.95. The second-order valence-corrected chi connectivity index (χ2v) is 5.81. The smallest absolute Gasteiger partial charge is 0.241 e. The number of nitrogens with zero attached hydrogens (tertiary/aromatic N) is 1. The summed E-state index contributed by atoms with van der Waals surface area (Å²) in [6.45, 7) is 8.15. The van der Waals surface area contributed by atoms with Gasteiger partial charge in [0.2, 0.25) is 5.91 Å². The number of benzene rings is 1. The Morgan fingerprint density at radius 2 is 2.15 bits per heavy atom. The van der Waals surface area contributed by atoms with Crippen molar-refractivity contribution in [1.82, 2.24) is 4.90 Å². The minimum absolute atomic E-state index is 0.0436. The van der Waals surface area contributed by atoms with Gasteiger partial charge in [0.1, 0.15) is 0 Å². The second kappa shape index (κ2) is 5.81. The van der Waals surface area contributed by atoms with Gasteiger partial charge < -0.3 is 15.8 Å². The number of rotatable bonds is 3. The quantitative estimate of drug-likeness (QED) is 0.825.